The Morgan fingerprint density at radius 1 is 1.44 bits per heavy atom. The molecule has 1 heterocycles. The highest BCUT2D eigenvalue weighted by Crippen LogP contribution is 2.18. The summed E-state index contributed by atoms with van der Waals surface area (Å²) in [5.41, 5.74) is -0.753. The van der Waals surface area contributed by atoms with E-state index in [1.807, 2.05) is 6.92 Å². The largest absolute Gasteiger partial charge is 0.394 e. The lowest BCUT2D eigenvalue weighted by molar-refractivity contribution is 0.0976. The molecule has 0 radical (unpaired) electrons. The summed E-state index contributed by atoms with van der Waals surface area (Å²) in [4.78, 5) is 0. The number of aliphatic hydroxyl groups excluding tert-OH is 1. The lowest BCUT2D eigenvalue weighted by Gasteiger charge is -2.31. The maximum absolute atomic E-state index is 12.0. The van der Waals surface area contributed by atoms with Crippen molar-refractivity contribution in [3.8, 4) is 0 Å². The third-order valence-corrected chi connectivity index (χ3v) is 5.25. The van der Waals surface area contributed by atoms with E-state index >= 15 is 0 Å². The number of rotatable bonds is 5. The van der Waals surface area contributed by atoms with Crippen molar-refractivity contribution >= 4 is 10.0 Å². The quantitative estimate of drug-likeness (QED) is 0.734. The van der Waals surface area contributed by atoms with Crippen molar-refractivity contribution in [1.29, 1.82) is 0 Å². The fourth-order valence-electron chi connectivity index (χ4n) is 1.63. The van der Waals surface area contributed by atoms with Crippen LogP contribution in [0.4, 0.5) is 0 Å². The molecular formula is C10H21NO4S. The van der Waals surface area contributed by atoms with Crippen LogP contribution < -0.4 is 4.72 Å². The van der Waals surface area contributed by atoms with Crippen molar-refractivity contribution in [1.82, 2.24) is 4.72 Å². The highest BCUT2D eigenvalue weighted by atomic mass is 32.2. The van der Waals surface area contributed by atoms with Crippen LogP contribution in [0, 0.1) is 0 Å². The van der Waals surface area contributed by atoms with Crippen LogP contribution in [-0.4, -0.2) is 44.1 Å². The highest BCUT2D eigenvalue weighted by molar-refractivity contribution is 7.90. The fraction of sp³-hybridized carbons (Fsp3) is 1.00. The molecule has 0 bridgehead atoms. The predicted molar refractivity (Wildman–Crippen MR) is 61.7 cm³/mol. The van der Waals surface area contributed by atoms with Gasteiger partial charge in [-0.2, -0.15) is 0 Å². The van der Waals surface area contributed by atoms with E-state index in [0.717, 1.165) is 0 Å². The van der Waals surface area contributed by atoms with Crippen molar-refractivity contribution in [2.75, 3.05) is 19.8 Å². The summed E-state index contributed by atoms with van der Waals surface area (Å²) in [6, 6.07) is 0. The number of aliphatic hydroxyl groups is 1. The molecule has 5 nitrogen and oxygen atoms in total. The van der Waals surface area contributed by atoms with E-state index in [9.17, 15) is 13.5 Å². The molecule has 1 unspecified atom stereocenters. The molecule has 1 rings (SSSR count). The van der Waals surface area contributed by atoms with E-state index in [-0.39, 0.29) is 6.61 Å². The lowest BCUT2D eigenvalue weighted by Crippen LogP contribution is -2.52. The second kappa shape index (κ2) is 5.44. The Kier molecular flexibility index (Phi) is 4.73. The summed E-state index contributed by atoms with van der Waals surface area (Å²) in [6.45, 7) is 4.36. The van der Waals surface area contributed by atoms with Gasteiger partial charge in [-0.05, 0) is 26.2 Å². The van der Waals surface area contributed by atoms with Gasteiger partial charge in [0.1, 0.15) is 0 Å². The maximum atomic E-state index is 12.0. The van der Waals surface area contributed by atoms with E-state index in [0.29, 0.717) is 32.5 Å². The first-order valence-corrected chi connectivity index (χ1v) is 7.19. The zero-order valence-corrected chi connectivity index (χ0v) is 10.7. The molecule has 0 saturated carbocycles. The van der Waals surface area contributed by atoms with Gasteiger partial charge in [0.15, 0.2) is 0 Å². The Bertz CT molecular complexity index is 305. The van der Waals surface area contributed by atoms with E-state index in [1.54, 1.807) is 6.92 Å². The van der Waals surface area contributed by atoms with Crippen molar-refractivity contribution < 1.29 is 18.3 Å². The Labute approximate surface area is 97.2 Å². The molecule has 1 atom stereocenters. The Morgan fingerprint density at radius 2 is 2.00 bits per heavy atom. The van der Waals surface area contributed by atoms with Crippen molar-refractivity contribution in [3.05, 3.63) is 0 Å². The summed E-state index contributed by atoms with van der Waals surface area (Å²) in [6.07, 6.45) is 1.62. The van der Waals surface area contributed by atoms with Gasteiger partial charge in [-0.3, -0.25) is 0 Å². The average molecular weight is 251 g/mol. The number of ether oxygens (including phenoxy) is 1. The van der Waals surface area contributed by atoms with Gasteiger partial charge in [-0.1, -0.05) is 6.92 Å². The van der Waals surface area contributed by atoms with Crippen LogP contribution >= 0.6 is 0 Å². The molecule has 0 aromatic rings. The predicted octanol–water partition coefficient (Wildman–Crippen LogP) is 0.246. The molecule has 2 N–H and O–H groups in total. The van der Waals surface area contributed by atoms with Gasteiger partial charge in [-0.15, -0.1) is 0 Å². The van der Waals surface area contributed by atoms with Crippen LogP contribution in [0.5, 0.6) is 0 Å². The average Bonchev–Trinajstić information content (AvgIpc) is 2.29. The first-order chi connectivity index (χ1) is 7.43. The molecule has 1 aliphatic rings. The first-order valence-electron chi connectivity index (χ1n) is 5.65. The standard InChI is InChI=1S/C10H21NO4S/c1-3-10(2,8-12)11-16(13,14)9-4-6-15-7-5-9/h9,11-12H,3-8H2,1-2H3. The van der Waals surface area contributed by atoms with Crippen LogP contribution in [0.15, 0.2) is 0 Å². The second-order valence-electron chi connectivity index (χ2n) is 4.53. The molecule has 0 aromatic heterocycles. The molecule has 1 fully saturated rings. The molecule has 0 aliphatic carbocycles. The summed E-state index contributed by atoms with van der Waals surface area (Å²) in [7, 11) is -3.36. The SMILES string of the molecule is CCC(C)(CO)NS(=O)(=O)C1CCOCC1. The second-order valence-corrected chi connectivity index (χ2v) is 6.49. The Hall–Kier alpha value is -0.170. The molecule has 1 aliphatic heterocycles. The smallest absolute Gasteiger partial charge is 0.215 e. The van der Waals surface area contributed by atoms with Gasteiger partial charge < -0.3 is 9.84 Å². The van der Waals surface area contributed by atoms with Gasteiger partial charge in [0.2, 0.25) is 10.0 Å². The van der Waals surface area contributed by atoms with Crippen LogP contribution in [0.1, 0.15) is 33.1 Å². The monoisotopic (exact) mass is 251 g/mol. The number of hydrogen-bond acceptors (Lipinski definition) is 4. The molecule has 0 aromatic carbocycles. The minimum Gasteiger partial charge on any atom is -0.394 e. The van der Waals surface area contributed by atoms with Crippen molar-refractivity contribution in [2.24, 2.45) is 0 Å². The summed E-state index contributed by atoms with van der Waals surface area (Å²) >= 11 is 0. The van der Waals surface area contributed by atoms with E-state index in [1.165, 1.54) is 0 Å². The van der Waals surface area contributed by atoms with Gasteiger partial charge in [0.25, 0.3) is 0 Å². The molecule has 16 heavy (non-hydrogen) atoms. The van der Waals surface area contributed by atoms with Crippen LogP contribution in [0.3, 0.4) is 0 Å². The first kappa shape index (κ1) is 13.9. The van der Waals surface area contributed by atoms with Crippen molar-refractivity contribution in [3.63, 3.8) is 0 Å². The molecule has 96 valence electrons. The molecular weight excluding hydrogens is 230 g/mol. The van der Waals surface area contributed by atoms with Crippen LogP contribution in [0.25, 0.3) is 0 Å². The minimum absolute atomic E-state index is 0.189. The summed E-state index contributed by atoms with van der Waals surface area (Å²) < 4.78 is 31.8. The van der Waals surface area contributed by atoms with E-state index in [4.69, 9.17) is 4.74 Å². The third kappa shape index (κ3) is 3.41. The molecule has 0 amide bonds. The van der Waals surface area contributed by atoms with Gasteiger partial charge >= 0.3 is 0 Å². The molecule has 0 spiro atoms. The van der Waals surface area contributed by atoms with Gasteiger partial charge in [-0.25, -0.2) is 13.1 Å². The lowest BCUT2D eigenvalue weighted by atomic mass is 10.0. The van der Waals surface area contributed by atoms with E-state index in [2.05, 4.69) is 4.72 Å². The highest BCUT2D eigenvalue weighted by Gasteiger charge is 2.33. The normalized spacial score (nSPS) is 22.9. The van der Waals surface area contributed by atoms with E-state index < -0.39 is 20.8 Å². The number of hydrogen-bond donors (Lipinski definition) is 2. The molecule has 1 saturated heterocycles. The summed E-state index contributed by atoms with van der Waals surface area (Å²) in [5, 5.41) is 8.81. The number of nitrogens with one attached hydrogen (secondary N) is 1. The third-order valence-electron chi connectivity index (χ3n) is 3.13. The Morgan fingerprint density at radius 3 is 2.44 bits per heavy atom. The fourth-order valence-corrected chi connectivity index (χ4v) is 3.50. The van der Waals surface area contributed by atoms with Gasteiger partial charge in [0.05, 0.1) is 17.4 Å². The zero-order valence-electron chi connectivity index (χ0n) is 9.90. The number of sulfonamides is 1. The minimum atomic E-state index is -3.36. The maximum Gasteiger partial charge on any atom is 0.215 e. The van der Waals surface area contributed by atoms with Gasteiger partial charge in [0, 0.05) is 13.2 Å². The van der Waals surface area contributed by atoms with Crippen molar-refractivity contribution in [2.45, 2.75) is 43.9 Å². The summed E-state index contributed by atoms with van der Waals surface area (Å²) in [5.74, 6) is 0. The zero-order chi connectivity index (χ0) is 12.2. The molecule has 6 heteroatoms. The van der Waals surface area contributed by atoms with Crippen LogP contribution in [0.2, 0.25) is 0 Å². The Balaban J connectivity index is 2.70. The van der Waals surface area contributed by atoms with Crippen LogP contribution in [-0.2, 0) is 14.8 Å². The topological polar surface area (TPSA) is 75.6 Å².